The van der Waals surface area contributed by atoms with Crippen LogP contribution in [-0.2, 0) is 0 Å². The van der Waals surface area contributed by atoms with Gasteiger partial charge in [0, 0.05) is 10.5 Å². The Labute approximate surface area is 98.5 Å². The van der Waals surface area contributed by atoms with E-state index in [4.69, 9.17) is 10.9 Å². The number of nitrogens with two attached hydrogens (primary N) is 1. The van der Waals surface area contributed by atoms with Crippen LogP contribution in [0.4, 0.5) is 4.39 Å². The van der Waals surface area contributed by atoms with Crippen molar-refractivity contribution in [2.75, 3.05) is 5.75 Å². The van der Waals surface area contributed by atoms with Crippen LogP contribution in [0.2, 0.25) is 0 Å². The number of benzene rings is 1. The highest BCUT2D eigenvalue weighted by Gasteiger charge is 2.06. The van der Waals surface area contributed by atoms with Gasteiger partial charge in [-0.05, 0) is 30.4 Å². The van der Waals surface area contributed by atoms with Gasteiger partial charge < -0.3 is 10.9 Å². The van der Waals surface area contributed by atoms with Gasteiger partial charge in [0.2, 0.25) is 0 Å². The van der Waals surface area contributed by atoms with E-state index in [1.807, 2.05) is 0 Å². The van der Waals surface area contributed by atoms with E-state index in [9.17, 15) is 4.39 Å². The van der Waals surface area contributed by atoms with Crippen LogP contribution in [0, 0.1) is 5.82 Å². The van der Waals surface area contributed by atoms with E-state index < -0.39 is 0 Å². The zero-order valence-corrected chi connectivity index (χ0v) is 9.93. The Hall–Kier alpha value is -1.23. The van der Waals surface area contributed by atoms with Gasteiger partial charge in [0.15, 0.2) is 5.84 Å². The first kappa shape index (κ1) is 12.8. The first-order chi connectivity index (χ1) is 7.69. The van der Waals surface area contributed by atoms with Crippen molar-refractivity contribution in [3.05, 3.63) is 29.6 Å². The summed E-state index contributed by atoms with van der Waals surface area (Å²) in [5.74, 6) is 0.491. The average Bonchev–Trinajstić information content (AvgIpc) is 2.30. The number of thioether (sulfide) groups is 1. The molecule has 88 valence electrons. The summed E-state index contributed by atoms with van der Waals surface area (Å²) in [6.07, 6.45) is 2.16. The van der Waals surface area contributed by atoms with Crippen LogP contribution in [0.15, 0.2) is 28.3 Å². The lowest BCUT2D eigenvalue weighted by atomic mass is 10.2. The summed E-state index contributed by atoms with van der Waals surface area (Å²) in [5.41, 5.74) is 5.75. The number of halogens is 1. The summed E-state index contributed by atoms with van der Waals surface area (Å²) in [5, 5.41) is 11.3. The second-order valence-electron chi connectivity index (χ2n) is 3.33. The van der Waals surface area contributed by atoms with Crippen molar-refractivity contribution >= 4 is 17.6 Å². The third-order valence-corrected chi connectivity index (χ3v) is 3.23. The number of amidine groups is 1. The molecule has 0 radical (unpaired) electrons. The molecule has 0 spiro atoms. The third kappa shape index (κ3) is 3.41. The molecule has 0 aliphatic carbocycles. The minimum absolute atomic E-state index is 0.0796. The predicted molar refractivity (Wildman–Crippen MR) is 64.5 cm³/mol. The number of hydrogen-bond acceptors (Lipinski definition) is 3. The fraction of sp³-hybridized carbons (Fsp3) is 0.364. The minimum atomic E-state index is -0.329. The van der Waals surface area contributed by atoms with E-state index in [2.05, 4.69) is 12.1 Å². The molecule has 5 heteroatoms. The molecule has 16 heavy (non-hydrogen) atoms. The summed E-state index contributed by atoms with van der Waals surface area (Å²) in [7, 11) is 0. The Bertz CT molecular complexity index is 382. The van der Waals surface area contributed by atoms with Crippen LogP contribution >= 0.6 is 11.8 Å². The van der Waals surface area contributed by atoms with Crippen LogP contribution in [0.1, 0.15) is 25.3 Å². The summed E-state index contributed by atoms with van der Waals surface area (Å²) in [6.45, 7) is 2.10. The van der Waals surface area contributed by atoms with Crippen LogP contribution < -0.4 is 5.73 Å². The van der Waals surface area contributed by atoms with E-state index in [0.29, 0.717) is 10.5 Å². The Morgan fingerprint density at radius 3 is 2.88 bits per heavy atom. The van der Waals surface area contributed by atoms with Gasteiger partial charge in [0.25, 0.3) is 0 Å². The number of nitrogens with zero attached hydrogens (tertiary/aromatic N) is 1. The lowest BCUT2D eigenvalue weighted by Crippen LogP contribution is -2.13. The van der Waals surface area contributed by atoms with Gasteiger partial charge in [-0.15, -0.1) is 11.8 Å². The van der Waals surface area contributed by atoms with Gasteiger partial charge in [-0.3, -0.25) is 0 Å². The molecule has 0 aliphatic heterocycles. The first-order valence-corrected chi connectivity index (χ1v) is 6.07. The number of unbranched alkanes of at least 4 members (excludes halogenated alkanes) is 1. The molecule has 1 rings (SSSR count). The van der Waals surface area contributed by atoms with Gasteiger partial charge in [-0.2, -0.15) is 0 Å². The van der Waals surface area contributed by atoms with Crippen LogP contribution in [0.5, 0.6) is 0 Å². The Morgan fingerprint density at radius 2 is 2.31 bits per heavy atom. The van der Waals surface area contributed by atoms with Gasteiger partial charge >= 0.3 is 0 Å². The monoisotopic (exact) mass is 242 g/mol. The quantitative estimate of drug-likeness (QED) is 0.208. The maximum Gasteiger partial charge on any atom is 0.170 e. The second kappa shape index (κ2) is 6.37. The molecule has 0 bridgehead atoms. The lowest BCUT2D eigenvalue weighted by molar-refractivity contribution is 0.318. The zero-order chi connectivity index (χ0) is 12.0. The molecule has 0 amide bonds. The van der Waals surface area contributed by atoms with Crippen LogP contribution in [0.25, 0.3) is 0 Å². The van der Waals surface area contributed by atoms with E-state index in [-0.39, 0.29) is 11.7 Å². The van der Waals surface area contributed by atoms with Crippen molar-refractivity contribution in [1.82, 2.24) is 0 Å². The third-order valence-electron chi connectivity index (χ3n) is 2.09. The topological polar surface area (TPSA) is 58.6 Å². The number of oxime groups is 1. The molecule has 0 saturated heterocycles. The standard InChI is InChI=1S/C11H15FN2OS/c1-2-3-6-16-10-5-4-8(7-9(10)12)11(13)14-15/h4-5,7,15H,2-3,6H2,1H3,(H2,13,14). The highest BCUT2D eigenvalue weighted by Crippen LogP contribution is 2.23. The summed E-state index contributed by atoms with van der Waals surface area (Å²) >= 11 is 1.48. The molecule has 3 N–H and O–H groups in total. The Kier molecular flexibility index (Phi) is 5.11. The van der Waals surface area contributed by atoms with Gasteiger partial charge in [0.1, 0.15) is 5.82 Å². The largest absolute Gasteiger partial charge is 0.409 e. The zero-order valence-electron chi connectivity index (χ0n) is 9.11. The molecule has 1 aromatic carbocycles. The van der Waals surface area contributed by atoms with Crippen LogP contribution in [0.3, 0.4) is 0 Å². The highest BCUT2D eigenvalue weighted by molar-refractivity contribution is 7.99. The SMILES string of the molecule is CCCCSc1ccc(/C(N)=N/O)cc1F. The fourth-order valence-electron chi connectivity index (χ4n) is 1.16. The fourth-order valence-corrected chi connectivity index (χ4v) is 2.18. The van der Waals surface area contributed by atoms with Crippen LogP contribution in [-0.4, -0.2) is 16.8 Å². The first-order valence-electron chi connectivity index (χ1n) is 5.09. The molecule has 0 saturated carbocycles. The normalized spacial score (nSPS) is 11.8. The van der Waals surface area contributed by atoms with Crippen molar-refractivity contribution in [2.24, 2.45) is 10.9 Å². The maximum atomic E-state index is 13.6. The van der Waals surface area contributed by atoms with Gasteiger partial charge in [-0.25, -0.2) is 4.39 Å². The average molecular weight is 242 g/mol. The summed E-state index contributed by atoms with van der Waals surface area (Å²) in [6, 6.07) is 4.58. The number of hydrogen-bond donors (Lipinski definition) is 2. The molecular formula is C11H15FN2OS. The second-order valence-corrected chi connectivity index (χ2v) is 4.47. The summed E-state index contributed by atoms with van der Waals surface area (Å²) < 4.78 is 13.6. The van der Waals surface area contributed by atoms with E-state index >= 15 is 0 Å². The lowest BCUT2D eigenvalue weighted by Gasteiger charge is -2.04. The molecule has 1 aromatic rings. The maximum absolute atomic E-state index is 13.6. The van der Waals surface area contributed by atoms with Crippen molar-refractivity contribution in [3.63, 3.8) is 0 Å². The molecule has 0 unspecified atom stereocenters. The minimum Gasteiger partial charge on any atom is -0.409 e. The molecule has 0 atom stereocenters. The van der Waals surface area contributed by atoms with Crippen molar-refractivity contribution in [2.45, 2.75) is 24.7 Å². The molecule has 0 fully saturated rings. The highest BCUT2D eigenvalue weighted by atomic mass is 32.2. The molecular weight excluding hydrogens is 227 g/mol. The van der Waals surface area contributed by atoms with Crippen molar-refractivity contribution in [3.8, 4) is 0 Å². The molecule has 3 nitrogen and oxygen atoms in total. The predicted octanol–water partition coefficient (Wildman–Crippen LogP) is 2.81. The van der Waals surface area contributed by atoms with Crippen molar-refractivity contribution < 1.29 is 9.60 Å². The van der Waals surface area contributed by atoms with Gasteiger partial charge in [0.05, 0.1) is 0 Å². The van der Waals surface area contributed by atoms with Gasteiger partial charge in [-0.1, -0.05) is 18.5 Å². The smallest absolute Gasteiger partial charge is 0.170 e. The van der Waals surface area contributed by atoms with E-state index in [0.717, 1.165) is 18.6 Å². The van der Waals surface area contributed by atoms with E-state index in [1.54, 1.807) is 12.1 Å². The molecule has 0 heterocycles. The Morgan fingerprint density at radius 1 is 1.56 bits per heavy atom. The molecule has 0 aromatic heterocycles. The molecule has 0 aliphatic rings. The summed E-state index contributed by atoms with van der Waals surface area (Å²) in [4.78, 5) is 0.600. The van der Waals surface area contributed by atoms with E-state index in [1.165, 1.54) is 17.8 Å². The van der Waals surface area contributed by atoms with Crippen molar-refractivity contribution in [1.29, 1.82) is 0 Å². The Balaban J connectivity index is 2.75. The number of rotatable bonds is 5.